The van der Waals surface area contributed by atoms with Crippen molar-refractivity contribution in [3.8, 4) is 10.6 Å². The van der Waals surface area contributed by atoms with Gasteiger partial charge in [-0.15, -0.1) is 22.7 Å². The smallest absolute Gasteiger partial charge is 0.240 e. The second-order valence-corrected chi connectivity index (χ2v) is 12.5. The zero-order chi connectivity index (χ0) is 23.7. The molecule has 0 saturated heterocycles. The molecular weight excluding hydrogens is 486 g/mol. The first kappa shape index (κ1) is 23.2. The molecule has 0 spiro atoms. The number of rotatable bonds is 7. The number of amides is 1. The first-order chi connectivity index (χ1) is 16.4. The van der Waals surface area contributed by atoms with Crippen LogP contribution in [0.4, 0.5) is 5.00 Å². The van der Waals surface area contributed by atoms with Crippen LogP contribution < -0.4 is 5.32 Å². The minimum atomic E-state index is -3.72. The summed E-state index contributed by atoms with van der Waals surface area (Å²) < 4.78 is 26.6. The maximum Gasteiger partial charge on any atom is 0.240 e. The van der Waals surface area contributed by atoms with Crippen LogP contribution in [0.25, 0.3) is 20.8 Å². The van der Waals surface area contributed by atoms with Gasteiger partial charge in [0.15, 0.2) is 9.84 Å². The van der Waals surface area contributed by atoms with E-state index in [1.54, 1.807) is 40.9 Å². The van der Waals surface area contributed by atoms with Crippen molar-refractivity contribution in [2.24, 2.45) is 0 Å². The van der Waals surface area contributed by atoms with Gasteiger partial charge in [0.25, 0.3) is 0 Å². The Balaban J connectivity index is 1.49. The number of para-hydroxylation sites is 1. The molecule has 0 saturated carbocycles. The van der Waals surface area contributed by atoms with Crippen LogP contribution in [0.3, 0.4) is 0 Å². The quantitative estimate of drug-likeness (QED) is 0.369. The molecule has 1 aliphatic heterocycles. The van der Waals surface area contributed by atoms with Gasteiger partial charge in [-0.3, -0.25) is 9.69 Å². The third kappa shape index (κ3) is 4.65. The van der Waals surface area contributed by atoms with Crippen LogP contribution in [0.5, 0.6) is 0 Å². The third-order valence-electron chi connectivity index (χ3n) is 5.86. The molecule has 4 aromatic rings. The fraction of sp³-hybridized carbons (Fsp3) is 0.280. The molecule has 9 heteroatoms. The summed E-state index contributed by atoms with van der Waals surface area (Å²) in [5, 5.41) is 4.49. The normalized spacial score (nSPS) is 14.3. The second-order valence-electron chi connectivity index (χ2n) is 8.34. The number of nitrogens with zero attached hydrogens (tertiary/aromatic N) is 2. The number of thiazole rings is 1. The standard InChI is InChI=1S/C25H25N3O3S3/c1-2-13-28-14-12-18-21(15-28)33-25(23(18)24-26-19-10-6-7-11-20(19)32-24)27-22(29)16-34(30,31)17-8-4-3-5-9-17/h3-11H,2,12-16H2,1H3,(H,27,29). The molecule has 2 aromatic carbocycles. The summed E-state index contributed by atoms with van der Waals surface area (Å²) in [6.07, 6.45) is 1.97. The monoisotopic (exact) mass is 511 g/mol. The fourth-order valence-corrected chi connectivity index (χ4v) is 7.88. The Morgan fingerprint density at radius 1 is 1.09 bits per heavy atom. The van der Waals surface area contributed by atoms with Crippen LogP contribution in [0, 0.1) is 0 Å². The molecule has 0 aliphatic carbocycles. The molecule has 6 nitrogen and oxygen atoms in total. The molecule has 0 atom stereocenters. The molecule has 0 fully saturated rings. The van der Waals surface area contributed by atoms with Gasteiger partial charge in [-0.1, -0.05) is 37.3 Å². The van der Waals surface area contributed by atoms with Gasteiger partial charge in [0.1, 0.15) is 15.8 Å². The number of hydrogen-bond donors (Lipinski definition) is 1. The molecule has 34 heavy (non-hydrogen) atoms. The third-order valence-corrected chi connectivity index (χ3v) is 9.68. The highest BCUT2D eigenvalue weighted by Gasteiger charge is 2.28. The van der Waals surface area contributed by atoms with Gasteiger partial charge < -0.3 is 5.32 Å². The highest BCUT2D eigenvalue weighted by molar-refractivity contribution is 7.92. The van der Waals surface area contributed by atoms with Crippen LogP contribution >= 0.6 is 22.7 Å². The molecule has 176 valence electrons. The summed E-state index contributed by atoms with van der Waals surface area (Å²) in [6, 6.07) is 16.1. The summed E-state index contributed by atoms with van der Waals surface area (Å²) in [5.41, 5.74) is 3.09. The number of anilines is 1. The van der Waals surface area contributed by atoms with E-state index in [-0.39, 0.29) is 4.90 Å². The zero-order valence-electron chi connectivity index (χ0n) is 18.8. The fourth-order valence-electron chi connectivity index (χ4n) is 4.30. The Hall–Kier alpha value is -2.59. The van der Waals surface area contributed by atoms with Gasteiger partial charge in [-0.2, -0.15) is 0 Å². The number of hydrogen-bond acceptors (Lipinski definition) is 7. The topological polar surface area (TPSA) is 79.4 Å². The number of carbonyl (C=O) groups is 1. The van der Waals surface area contributed by atoms with E-state index in [0.717, 1.165) is 53.3 Å². The van der Waals surface area contributed by atoms with E-state index in [2.05, 4.69) is 17.1 Å². The summed E-state index contributed by atoms with van der Waals surface area (Å²) in [5.74, 6) is -1.13. The van der Waals surface area contributed by atoms with Crippen molar-refractivity contribution < 1.29 is 13.2 Å². The molecule has 1 amide bonds. The van der Waals surface area contributed by atoms with Crippen LogP contribution in [-0.2, 0) is 27.6 Å². The summed E-state index contributed by atoms with van der Waals surface area (Å²) >= 11 is 3.15. The number of thiophene rings is 1. The number of carbonyl (C=O) groups excluding carboxylic acids is 1. The Morgan fingerprint density at radius 3 is 2.62 bits per heavy atom. The van der Waals surface area contributed by atoms with Crippen molar-refractivity contribution in [1.82, 2.24) is 9.88 Å². The van der Waals surface area contributed by atoms with Gasteiger partial charge in [0.05, 0.1) is 15.1 Å². The second kappa shape index (κ2) is 9.58. The molecule has 0 unspecified atom stereocenters. The minimum absolute atomic E-state index is 0.150. The van der Waals surface area contributed by atoms with Crippen molar-refractivity contribution in [2.75, 3.05) is 24.2 Å². The van der Waals surface area contributed by atoms with Crippen molar-refractivity contribution in [3.05, 3.63) is 65.0 Å². The predicted molar refractivity (Wildman–Crippen MR) is 139 cm³/mol. The first-order valence-electron chi connectivity index (χ1n) is 11.2. The van der Waals surface area contributed by atoms with E-state index in [9.17, 15) is 13.2 Å². The maximum atomic E-state index is 12.9. The van der Waals surface area contributed by atoms with E-state index in [4.69, 9.17) is 4.98 Å². The number of fused-ring (bicyclic) bond motifs is 2. The van der Waals surface area contributed by atoms with Gasteiger partial charge >= 0.3 is 0 Å². The van der Waals surface area contributed by atoms with Crippen molar-refractivity contribution in [1.29, 1.82) is 0 Å². The van der Waals surface area contributed by atoms with Crippen molar-refractivity contribution >= 4 is 53.6 Å². The van der Waals surface area contributed by atoms with Crippen molar-refractivity contribution in [2.45, 2.75) is 31.2 Å². The molecular formula is C25H25N3O3S3. The molecule has 3 heterocycles. The van der Waals surface area contributed by atoms with E-state index >= 15 is 0 Å². The minimum Gasteiger partial charge on any atom is -0.316 e. The van der Waals surface area contributed by atoms with Crippen LogP contribution in [0.1, 0.15) is 23.8 Å². The lowest BCUT2D eigenvalue weighted by Crippen LogP contribution is -2.30. The Kier molecular flexibility index (Phi) is 6.52. The van der Waals surface area contributed by atoms with E-state index in [0.29, 0.717) is 5.00 Å². The highest BCUT2D eigenvalue weighted by atomic mass is 32.2. The first-order valence-corrected chi connectivity index (χ1v) is 14.5. The van der Waals surface area contributed by atoms with Crippen LogP contribution in [0.2, 0.25) is 0 Å². The van der Waals surface area contributed by atoms with Crippen molar-refractivity contribution in [3.63, 3.8) is 0 Å². The molecule has 2 aromatic heterocycles. The van der Waals surface area contributed by atoms with Gasteiger partial charge in [-0.25, -0.2) is 13.4 Å². The lowest BCUT2D eigenvalue weighted by Gasteiger charge is -2.26. The molecule has 1 aliphatic rings. The summed E-state index contributed by atoms with van der Waals surface area (Å²) in [6.45, 7) is 5.01. The predicted octanol–water partition coefficient (Wildman–Crippen LogP) is 5.21. The number of nitrogens with one attached hydrogen (secondary N) is 1. The highest BCUT2D eigenvalue weighted by Crippen LogP contribution is 2.45. The lowest BCUT2D eigenvalue weighted by molar-refractivity contribution is -0.113. The van der Waals surface area contributed by atoms with Gasteiger partial charge in [0, 0.05) is 23.5 Å². The molecule has 0 radical (unpaired) electrons. The van der Waals surface area contributed by atoms with E-state index in [1.165, 1.54) is 22.6 Å². The SMILES string of the molecule is CCCN1CCc2c(sc(NC(=O)CS(=O)(=O)c3ccccc3)c2-c2nc3ccccc3s2)C1. The van der Waals surface area contributed by atoms with E-state index < -0.39 is 21.5 Å². The van der Waals surface area contributed by atoms with Crippen LogP contribution in [-0.4, -0.2) is 43.1 Å². The van der Waals surface area contributed by atoms with Crippen LogP contribution in [0.15, 0.2) is 59.5 Å². The van der Waals surface area contributed by atoms with Gasteiger partial charge in [-0.05, 0) is 49.2 Å². The average molecular weight is 512 g/mol. The molecule has 5 rings (SSSR count). The van der Waals surface area contributed by atoms with E-state index in [1.807, 2.05) is 24.3 Å². The number of sulfone groups is 1. The summed E-state index contributed by atoms with van der Waals surface area (Å²) in [4.78, 5) is 21.6. The molecule has 0 bridgehead atoms. The number of aromatic nitrogens is 1. The number of benzene rings is 2. The summed E-state index contributed by atoms with van der Waals surface area (Å²) in [7, 11) is -3.72. The Bertz CT molecular complexity index is 1410. The maximum absolute atomic E-state index is 12.9. The lowest BCUT2D eigenvalue weighted by atomic mass is 10.0. The molecule has 1 N–H and O–H groups in total. The average Bonchev–Trinajstić information content (AvgIpc) is 3.39. The zero-order valence-corrected chi connectivity index (χ0v) is 21.2. The Morgan fingerprint density at radius 2 is 1.85 bits per heavy atom. The Labute approximate surface area is 207 Å². The van der Waals surface area contributed by atoms with Gasteiger partial charge in [0.2, 0.25) is 5.91 Å². The largest absolute Gasteiger partial charge is 0.316 e.